The van der Waals surface area contributed by atoms with Gasteiger partial charge in [-0.05, 0) is 29.7 Å². The lowest BCUT2D eigenvalue weighted by Crippen LogP contribution is -2.35. The maximum atomic E-state index is 12.0. The molecule has 0 aliphatic heterocycles. The fourth-order valence-corrected chi connectivity index (χ4v) is 3.03. The average molecular weight is 393 g/mol. The molecule has 6 heteroatoms. The summed E-state index contributed by atoms with van der Waals surface area (Å²) in [5.41, 5.74) is 1.97. The zero-order chi connectivity index (χ0) is 18.9. The Hall–Kier alpha value is -2.04. The van der Waals surface area contributed by atoms with E-state index < -0.39 is 0 Å². The Kier molecular flexibility index (Phi) is 7.95. The van der Waals surface area contributed by atoms with Crippen molar-refractivity contribution >= 4 is 35.0 Å². The van der Waals surface area contributed by atoms with Crippen LogP contribution in [0.4, 0.5) is 0 Å². The van der Waals surface area contributed by atoms with Crippen molar-refractivity contribution in [2.24, 2.45) is 0 Å². The minimum atomic E-state index is -0.0790. The van der Waals surface area contributed by atoms with E-state index in [1.54, 1.807) is 17.0 Å². The number of halogens is 2. The first kappa shape index (κ1) is 20.3. The zero-order valence-corrected chi connectivity index (χ0v) is 16.2. The van der Waals surface area contributed by atoms with Gasteiger partial charge in [-0.15, -0.1) is 0 Å². The van der Waals surface area contributed by atoms with Gasteiger partial charge in [-0.2, -0.15) is 0 Å². The van der Waals surface area contributed by atoms with E-state index in [1.165, 1.54) is 6.92 Å². The van der Waals surface area contributed by atoms with Crippen LogP contribution in [0.15, 0.2) is 48.5 Å². The third-order valence-corrected chi connectivity index (χ3v) is 4.64. The maximum Gasteiger partial charge on any atom is 0.222 e. The van der Waals surface area contributed by atoms with Gasteiger partial charge in [0, 0.05) is 43.0 Å². The van der Waals surface area contributed by atoms with E-state index in [4.69, 9.17) is 23.2 Å². The number of nitrogens with zero attached hydrogens (tertiary/aromatic N) is 1. The summed E-state index contributed by atoms with van der Waals surface area (Å²) in [7, 11) is 0. The van der Waals surface area contributed by atoms with Crippen LogP contribution in [0, 0.1) is 0 Å². The second-order valence-corrected chi connectivity index (χ2v) is 6.85. The molecule has 0 heterocycles. The summed E-state index contributed by atoms with van der Waals surface area (Å²) >= 11 is 12.1. The molecular formula is C20H22Cl2N2O2. The molecule has 0 aliphatic rings. The summed E-state index contributed by atoms with van der Waals surface area (Å²) in [5, 5.41) is 4.04. The van der Waals surface area contributed by atoms with Crippen LogP contribution in [0.3, 0.4) is 0 Å². The first-order valence-corrected chi connectivity index (χ1v) is 9.21. The van der Waals surface area contributed by atoms with Crippen molar-refractivity contribution in [3.63, 3.8) is 0 Å². The van der Waals surface area contributed by atoms with Crippen LogP contribution in [0.5, 0.6) is 0 Å². The number of hydrogen-bond donors (Lipinski definition) is 1. The number of amides is 2. The van der Waals surface area contributed by atoms with Crippen LogP contribution in [0.25, 0.3) is 0 Å². The first-order valence-electron chi connectivity index (χ1n) is 8.46. The normalized spacial score (nSPS) is 10.4. The SMILES string of the molecule is CC(=O)N(CCC(=O)NCc1ccccc1)CCc1ccc(Cl)cc1Cl. The molecular weight excluding hydrogens is 371 g/mol. The molecule has 0 spiro atoms. The molecule has 0 atom stereocenters. The number of benzene rings is 2. The number of carbonyl (C=O) groups is 2. The van der Waals surface area contributed by atoms with Crippen molar-refractivity contribution in [3.05, 3.63) is 69.7 Å². The van der Waals surface area contributed by atoms with E-state index >= 15 is 0 Å². The second-order valence-electron chi connectivity index (χ2n) is 6.00. The summed E-state index contributed by atoms with van der Waals surface area (Å²) < 4.78 is 0. The molecule has 26 heavy (non-hydrogen) atoms. The van der Waals surface area contributed by atoms with Crippen LogP contribution in [0.1, 0.15) is 24.5 Å². The Balaban J connectivity index is 1.80. The van der Waals surface area contributed by atoms with E-state index in [1.807, 2.05) is 36.4 Å². The lowest BCUT2D eigenvalue weighted by atomic mass is 10.1. The molecule has 0 saturated heterocycles. The highest BCUT2D eigenvalue weighted by Gasteiger charge is 2.12. The Labute approximate surface area is 164 Å². The lowest BCUT2D eigenvalue weighted by molar-refractivity contribution is -0.129. The molecule has 0 bridgehead atoms. The fourth-order valence-electron chi connectivity index (χ4n) is 2.53. The molecule has 0 aromatic heterocycles. The smallest absolute Gasteiger partial charge is 0.222 e. The lowest BCUT2D eigenvalue weighted by Gasteiger charge is -2.21. The van der Waals surface area contributed by atoms with Gasteiger partial charge in [0.05, 0.1) is 0 Å². The minimum absolute atomic E-state index is 0.0639. The van der Waals surface area contributed by atoms with Gasteiger partial charge in [0.2, 0.25) is 11.8 Å². The van der Waals surface area contributed by atoms with Gasteiger partial charge < -0.3 is 10.2 Å². The van der Waals surface area contributed by atoms with E-state index in [2.05, 4.69) is 5.32 Å². The zero-order valence-electron chi connectivity index (χ0n) is 14.7. The molecule has 2 aromatic rings. The van der Waals surface area contributed by atoms with Crippen molar-refractivity contribution in [3.8, 4) is 0 Å². The van der Waals surface area contributed by atoms with Gasteiger partial charge in [0.15, 0.2) is 0 Å². The average Bonchev–Trinajstić information content (AvgIpc) is 2.62. The molecule has 0 saturated carbocycles. The number of carbonyl (C=O) groups excluding carboxylic acids is 2. The highest BCUT2D eigenvalue weighted by atomic mass is 35.5. The van der Waals surface area contributed by atoms with Crippen LogP contribution >= 0.6 is 23.2 Å². The molecule has 2 aromatic carbocycles. The molecule has 0 radical (unpaired) electrons. The van der Waals surface area contributed by atoms with Crippen molar-refractivity contribution in [2.75, 3.05) is 13.1 Å². The minimum Gasteiger partial charge on any atom is -0.352 e. The van der Waals surface area contributed by atoms with Crippen LogP contribution < -0.4 is 5.32 Å². The van der Waals surface area contributed by atoms with Crippen molar-refractivity contribution in [2.45, 2.75) is 26.3 Å². The van der Waals surface area contributed by atoms with Gasteiger partial charge in [-0.1, -0.05) is 59.6 Å². The first-order chi connectivity index (χ1) is 12.5. The predicted octanol–water partition coefficient (Wildman–Crippen LogP) is 4.09. The van der Waals surface area contributed by atoms with Crippen LogP contribution in [-0.2, 0) is 22.6 Å². The van der Waals surface area contributed by atoms with E-state index in [-0.39, 0.29) is 18.2 Å². The molecule has 0 unspecified atom stereocenters. The summed E-state index contributed by atoms with van der Waals surface area (Å²) in [4.78, 5) is 25.5. The highest BCUT2D eigenvalue weighted by Crippen LogP contribution is 2.21. The van der Waals surface area contributed by atoms with Crippen LogP contribution in [0.2, 0.25) is 10.0 Å². The quantitative estimate of drug-likeness (QED) is 0.735. The second kappa shape index (κ2) is 10.2. The molecule has 1 N–H and O–H groups in total. The summed E-state index contributed by atoms with van der Waals surface area (Å²) in [5.74, 6) is -0.143. The Morgan fingerprint density at radius 3 is 2.42 bits per heavy atom. The Bertz CT molecular complexity index is 751. The van der Waals surface area contributed by atoms with Gasteiger partial charge in [0.25, 0.3) is 0 Å². The van der Waals surface area contributed by atoms with Gasteiger partial charge >= 0.3 is 0 Å². The largest absolute Gasteiger partial charge is 0.352 e. The maximum absolute atomic E-state index is 12.0. The van der Waals surface area contributed by atoms with Gasteiger partial charge in [-0.3, -0.25) is 9.59 Å². The Morgan fingerprint density at radius 1 is 1.04 bits per heavy atom. The topological polar surface area (TPSA) is 49.4 Å². The summed E-state index contributed by atoms with van der Waals surface area (Å²) in [6, 6.07) is 15.0. The van der Waals surface area contributed by atoms with Crippen molar-refractivity contribution in [1.82, 2.24) is 10.2 Å². The third kappa shape index (κ3) is 6.70. The molecule has 0 fully saturated rings. The number of rotatable bonds is 8. The molecule has 2 rings (SSSR count). The van der Waals surface area contributed by atoms with E-state index in [0.717, 1.165) is 11.1 Å². The van der Waals surface area contributed by atoms with Gasteiger partial charge in [0.1, 0.15) is 0 Å². The molecule has 0 aliphatic carbocycles. The van der Waals surface area contributed by atoms with Crippen LogP contribution in [-0.4, -0.2) is 29.8 Å². The van der Waals surface area contributed by atoms with Crippen molar-refractivity contribution in [1.29, 1.82) is 0 Å². The summed E-state index contributed by atoms with van der Waals surface area (Å²) in [6.07, 6.45) is 0.877. The number of hydrogen-bond acceptors (Lipinski definition) is 2. The summed E-state index contributed by atoms with van der Waals surface area (Å²) in [6.45, 7) is 2.87. The monoisotopic (exact) mass is 392 g/mol. The van der Waals surface area contributed by atoms with Gasteiger partial charge in [-0.25, -0.2) is 0 Å². The van der Waals surface area contributed by atoms with E-state index in [9.17, 15) is 9.59 Å². The third-order valence-electron chi connectivity index (χ3n) is 4.05. The molecule has 4 nitrogen and oxygen atoms in total. The number of nitrogens with one attached hydrogen (secondary N) is 1. The van der Waals surface area contributed by atoms with E-state index in [0.29, 0.717) is 36.1 Å². The molecule has 138 valence electrons. The van der Waals surface area contributed by atoms with Crippen molar-refractivity contribution < 1.29 is 9.59 Å². The highest BCUT2D eigenvalue weighted by molar-refractivity contribution is 6.35. The Morgan fingerprint density at radius 2 is 1.77 bits per heavy atom. The fraction of sp³-hybridized carbons (Fsp3) is 0.300. The standard InChI is InChI=1S/C20H22Cl2N2O2/c1-15(25)24(11-9-17-7-8-18(21)13-19(17)22)12-10-20(26)23-14-16-5-3-2-4-6-16/h2-8,13H,9-12,14H2,1H3,(H,23,26). The predicted molar refractivity (Wildman–Crippen MR) is 105 cm³/mol. The molecule has 2 amide bonds.